The number of hydrogen-bond donors (Lipinski definition) is 0. The summed E-state index contributed by atoms with van der Waals surface area (Å²) >= 11 is 0. The molecule has 0 aliphatic heterocycles. The van der Waals surface area contributed by atoms with Crippen LogP contribution in [0.25, 0.3) is 0 Å². The average molecular weight is 1140 g/mol. The highest BCUT2D eigenvalue weighted by molar-refractivity contribution is 5.71. The first kappa shape index (κ1) is 77.8. The highest BCUT2D eigenvalue weighted by Crippen LogP contribution is 2.14. The topological polar surface area (TPSA) is 78.9 Å². The van der Waals surface area contributed by atoms with Crippen LogP contribution >= 0.6 is 0 Å². The van der Waals surface area contributed by atoms with Crippen LogP contribution in [0.1, 0.15) is 278 Å². The molecule has 0 rings (SSSR count). The van der Waals surface area contributed by atoms with Crippen molar-refractivity contribution in [3.63, 3.8) is 0 Å². The first-order valence-corrected chi connectivity index (χ1v) is 33.6. The Morgan fingerprint density at radius 1 is 0.253 bits per heavy atom. The van der Waals surface area contributed by atoms with Crippen molar-refractivity contribution in [3.8, 4) is 0 Å². The Morgan fingerprint density at radius 3 is 0.747 bits per heavy atom. The fourth-order valence-electron chi connectivity index (χ4n) is 8.71. The molecule has 0 saturated heterocycles. The van der Waals surface area contributed by atoms with Gasteiger partial charge in [0.1, 0.15) is 13.2 Å². The summed E-state index contributed by atoms with van der Waals surface area (Å²) in [4.78, 5) is 38.4. The third kappa shape index (κ3) is 67.4. The number of esters is 3. The van der Waals surface area contributed by atoms with Crippen molar-refractivity contribution in [2.24, 2.45) is 0 Å². The fraction of sp³-hybridized carbons (Fsp3) is 0.597. The summed E-state index contributed by atoms with van der Waals surface area (Å²) < 4.78 is 16.9. The van der Waals surface area contributed by atoms with Crippen molar-refractivity contribution >= 4 is 17.9 Å². The summed E-state index contributed by atoms with van der Waals surface area (Å²) in [6.07, 6.45) is 102. The number of carbonyl (C=O) groups excluding carboxylic acids is 3. The highest BCUT2D eigenvalue weighted by Gasteiger charge is 2.19. The maximum Gasteiger partial charge on any atom is 0.306 e. The molecule has 0 aliphatic rings. The number of carbonyl (C=O) groups is 3. The van der Waals surface area contributed by atoms with Gasteiger partial charge in [-0.3, -0.25) is 14.4 Å². The van der Waals surface area contributed by atoms with Crippen LogP contribution in [0.15, 0.2) is 170 Å². The largest absolute Gasteiger partial charge is 0.462 e. The summed E-state index contributed by atoms with van der Waals surface area (Å²) in [5, 5.41) is 0. The fourth-order valence-corrected chi connectivity index (χ4v) is 8.71. The lowest BCUT2D eigenvalue weighted by molar-refractivity contribution is -0.167. The van der Waals surface area contributed by atoms with Crippen LogP contribution < -0.4 is 0 Å². The Kier molecular flexibility index (Phi) is 64.9. The summed E-state index contributed by atoms with van der Waals surface area (Å²) in [7, 11) is 0. The van der Waals surface area contributed by atoms with E-state index >= 15 is 0 Å². The number of unbranched alkanes of at least 4 members (excludes halogenated alkanes) is 20. The Bertz CT molecular complexity index is 1890. The van der Waals surface area contributed by atoms with Gasteiger partial charge in [-0.15, -0.1) is 0 Å². The third-order valence-electron chi connectivity index (χ3n) is 13.7. The first-order chi connectivity index (χ1) is 41.0. The Morgan fingerprint density at radius 2 is 0.470 bits per heavy atom. The van der Waals surface area contributed by atoms with Crippen LogP contribution in [0.5, 0.6) is 0 Å². The molecule has 1 unspecified atom stereocenters. The lowest BCUT2D eigenvalue weighted by Crippen LogP contribution is -2.30. The second-order valence-electron chi connectivity index (χ2n) is 21.6. The van der Waals surface area contributed by atoms with Gasteiger partial charge < -0.3 is 14.2 Å². The highest BCUT2D eigenvalue weighted by atomic mass is 16.6. The Labute approximate surface area is 511 Å². The second kappa shape index (κ2) is 69.3. The van der Waals surface area contributed by atoms with E-state index in [4.69, 9.17) is 14.2 Å². The van der Waals surface area contributed by atoms with Crippen LogP contribution in [0, 0.1) is 0 Å². The zero-order valence-corrected chi connectivity index (χ0v) is 53.4. The summed E-state index contributed by atoms with van der Waals surface area (Å²) in [5.74, 6) is -0.977. The molecule has 0 aromatic heterocycles. The quantitative estimate of drug-likeness (QED) is 0.0261. The van der Waals surface area contributed by atoms with E-state index in [0.717, 1.165) is 167 Å². The smallest absolute Gasteiger partial charge is 0.306 e. The molecule has 0 saturated carbocycles. The minimum Gasteiger partial charge on any atom is -0.462 e. The van der Waals surface area contributed by atoms with Crippen molar-refractivity contribution in [1.29, 1.82) is 0 Å². The normalized spacial score (nSPS) is 13.2. The first-order valence-electron chi connectivity index (χ1n) is 33.6. The van der Waals surface area contributed by atoms with Crippen molar-refractivity contribution < 1.29 is 28.6 Å². The van der Waals surface area contributed by atoms with E-state index in [0.29, 0.717) is 19.3 Å². The lowest BCUT2D eigenvalue weighted by Gasteiger charge is -2.18. The molecule has 0 aliphatic carbocycles. The van der Waals surface area contributed by atoms with Crippen molar-refractivity contribution in [2.75, 3.05) is 13.2 Å². The van der Waals surface area contributed by atoms with Gasteiger partial charge >= 0.3 is 17.9 Å². The van der Waals surface area contributed by atoms with E-state index in [-0.39, 0.29) is 31.1 Å². The minimum atomic E-state index is -0.819. The summed E-state index contributed by atoms with van der Waals surface area (Å²) in [6, 6.07) is 0. The molecular weight excluding hydrogens is 1020 g/mol. The van der Waals surface area contributed by atoms with Crippen LogP contribution in [-0.4, -0.2) is 37.2 Å². The van der Waals surface area contributed by atoms with Crippen molar-refractivity contribution in [1.82, 2.24) is 0 Å². The van der Waals surface area contributed by atoms with Gasteiger partial charge in [0.25, 0.3) is 0 Å². The predicted octanol–water partition coefficient (Wildman–Crippen LogP) is 23.4. The molecule has 0 spiro atoms. The van der Waals surface area contributed by atoms with Gasteiger partial charge in [0.05, 0.1) is 0 Å². The molecule has 0 bridgehead atoms. The van der Waals surface area contributed by atoms with Gasteiger partial charge in [-0.25, -0.2) is 0 Å². The van der Waals surface area contributed by atoms with E-state index in [1.54, 1.807) is 0 Å². The molecule has 0 amide bonds. The van der Waals surface area contributed by atoms with E-state index in [9.17, 15) is 14.4 Å². The second-order valence-corrected chi connectivity index (χ2v) is 21.6. The van der Waals surface area contributed by atoms with Crippen LogP contribution in [0.3, 0.4) is 0 Å². The van der Waals surface area contributed by atoms with Crippen LogP contribution in [-0.2, 0) is 28.6 Å². The molecule has 0 aromatic rings. The Hall–Kier alpha value is -5.23. The molecule has 1 atom stereocenters. The van der Waals surface area contributed by atoms with Gasteiger partial charge in [-0.1, -0.05) is 274 Å². The molecule has 0 heterocycles. The monoisotopic (exact) mass is 1140 g/mol. The maximum absolute atomic E-state index is 13.0. The van der Waals surface area contributed by atoms with Crippen molar-refractivity contribution in [2.45, 2.75) is 284 Å². The maximum atomic E-state index is 13.0. The molecule has 0 fully saturated rings. The molecule has 466 valence electrons. The van der Waals surface area contributed by atoms with Crippen LogP contribution in [0.2, 0.25) is 0 Å². The van der Waals surface area contributed by atoms with E-state index < -0.39 is 6.10 Å². The minimum absolute atomic E-state index is 0.113. The van der Waals surface area contributed by atoms with E-state index in [1.807, 2.05) is 0 Å². The Balaban J connectivity index is 4.55. The molecule has 83 heavy (non-hydrogen) atoms. The van der Waals surface area contributed by atoms with Gasteiger partial charge in [0, 0.05) is 19.3 Å². The van der Waals surface area contributed by atoms with Gasteiger partial charge in [0.15, 0.2) is 6.10 Å². The number of allylic oxidation sites excluding steroid dienone is 28. The molecule has 0 N–H and O–H groups in total. The molecule has 0 radical (unpaired) electrons. The summed E-state index contributed by atoms with van der Waals surface area (Å²) in [5.41, 5.74) is 0. The van der Waals surface area contributed by atoms with Crippen molar-refractivity contribution in [3.05, 3.63) is 170 Å². The van der Waals surface area contributed by atoms with Gasteiger partial charge in [-0.05, 0) is 154 Å². The predicted molar refractivity (Wildman–Crippen MR) is 361 cm³/mol. The average Bonchev–Trinajstić information content (AvgIpc) is 3.49. The molecular formula is C77H122O6. The number of rotatable bonds is 59. The van der Waals surface area contributed by atoms with E-state index in [2.05, 4.69) is 191 Å². The standard InChI is InChI=1S/C77H122O6/c1-4-7-10-13-16-19-22-25-28-31-34-36-38-40-43-46-49-52-55-58-61-64-67-70-76(79)82-73-74(72-81-75(78)69-66-63-60-57-54-51-48-45-42-33-30-27-24-21-18-15-12-9-6-3)83-77(80)71-68-65-62-59-56-53-50-47-44-41-39-37-35-32-29-26-23-20-17-14-11-8-5-2/h7,9-10,12,16,18-19,21,23,25-28,30,32,34-36,39-43,45,49,51-52,54,74H,4-6,8,11,13-15,17,20,22,24,29,31,33,37-38,44,46-48,50,53,55-73H2,1-3H3/b10-7-,12-9-,19-16-,21-18-,26-23-,28-25-,30-27-,35-32-,36-34-,41-39-,43-40-,45-42-,52-49-,54-51-. The molecule has 6 nitrogen and oxygen atoms in total. The van der Waals surface area contributed by atoms with Crippen LogP contribution in [0.4, 0.5) is 0 Å². The van der Waals surface area contributed by atoms with Gasteiger partial charge in [0.2, 0.25) is 0 Å². The lowest BCUT2D eigenvalue weighted by atomic mass is 10.1. The van der Waals surface area contributed by atoms with E-state index in [1.165, 1.54) is 70.6 Å². The zero-order chi connectivity index (χ0) is 59.9. The number of ether oxygens (including phenoxy) is 3. The molecule has 0 aromatic carbocycles. The van der Waals surface area contributed by atoms with Gasteiger partial charge in [-0.2, -0.15) is 0 Å². The molecule has 6 heteroatoms. The SMILES string of the molecule is CC/C=C\C/C=C\C/C=C\C/C=C\C/C=C\C/C=C\CCCCCCC(=O)OCC(COC(=O)CCCCC/C=C\C/C=C\C/C=C\C/C=C\C/C=C\CC)OC(=O)CCCCCCCCCC/C=C\C/C=C\C/C=C\CCCCCCC. The zero-order valence-electron chi connectivity index (χ0n) is 53.4. The summed E-state index contributed by atoms with van der Waals surface area (Å²) in [6.45, 7) is 6.35. The number of hydrogen-bond acceptors (Lipinski definition) is 6. The third-order valence-corrected chi connectivity index (χ3v) is 13.7.